The molecule has 2 aromatic rings. The molecule has 1 atom stereocenters. The van der Waals surface area contributed by atoms with Crippen LogP contribution in [0.2, 0.25) is 0 Å². The first kappa shape index (κ1) is 12.8. The second-order valence-corrected chi connectivity index (χ2v) is 4.64. The average Bonchev–Trinajstić information content (AvgIpc) is 2.97. The fourth-order valence-corrected chi connectivity index (χ4v) is 1.76. The van der Waals surface area contributed by atoms with Gasteiger partial charge >= 0.3 is 0 Å². The standard InChI is InChI=1S/C12H19N5O/c1-4-5-17-7-14-6-9(17)10(13)11-15-12(8(2)3)18-16-11/h6-8,10H,4-5,13H2,1-3H3. The lowest BCUT2D eigenvalue weighted by molar-refractivity contribution is 0.359. The molecule has 0 fully saturated rings. The lowest BCUT2D eigenvalue weighted by Gasteiger charge is -2.10. The molecule has 0 saturated carbocycles. The van der Waals surface area contributed by atoms with Crippen molar-refractivity contribution in [2.75, 3.05) is 0 Å². The Kier molecular flexibility index (Phi) is 3.76. The van der Waals surface area contributed by atoms with E-state index in [-0.39, 0.29) is 5.92 Å². The summed E-state index contributed by atoms with van der Waals surface area (Å²) in [4.78, 5) is 8.45. The van der Waals surface area contributed by atoms with Gasteiger partial charge in [0.15, 0.2) is 5.82 Å². The summed E-state index contributed by atoms with van der Waals surface area (Å²) in [6.07, 6.45) is 4.56. The molecule has 0 aromatic carbocycles. The number of imidazole rings is 1. The summed E-state index contributed by atoms with van der Waals surface area (Å²) in [5.74, 6) is 1.33. The van der Waals surface area contributed by atoms with Gasteiger partial charge in [-0.15, -0.1) is 0 Å². The van der Waals surface area contributed by atoms with E-state index in [2.05, 4.69) is 22.0 Å². The topological polar surface area (TPSA) is 82.8 Å². The van der Waals surface area contributed by atoms with Crippen LogP contribution in [0.1, 0.15) is 56.6 Å². The Morgan fingerprint density at radius 3 is 2.83 bits per heavy atom. The van der Waals surface area contributed by atoms with Gasteiger partial charge in [0.25, 0.3) is 0 Å². The maximum atomic E-state index is 6.16. The molecule has 0 radical (unpaired) electrons. The summed E-state index contributed by atoms with van der Waals surface area (Å²) in [7, 11) is 0. The molecule has 2 N–H and O–H groups in total. The van der Waals surface area contributed by atoms with E-state index in [1.807, 2.05) is 18.4 Å². The van der Waals surface area contributed by atoms with Crippen LogP contribution in [0, 0.1) is 0 Å². The van der Waals surface area contributed by atoms with Crippen LogP contribution >= 0.6 is 0 Å². The molecule has 2 rings (SSSR count). The van der Waals surface area contributed by atoms with E-state index in [4.69, 9.17) is 10.3 Å². The van der Waals surface area contributed by atoms with Crippen LogP contribution in [-0.4, -0.2) is 19.7 Å². The zero-order valence-electron chi connectivity index (χ0n) is 11.0. The van der Waals surface area contributed by atoms with Crippen molar-refractivity contribution >= 4 is 0 Å². The largest absolute Gasteiger partial charge is 0.339 e. The Balaban J connectivity index is 2.23. The zero-order valence-corrected chi connectivity index (χ0v) is 11.0. The fraction of sp³-hybridized carbons (Fsp3) is 0.583. The van der Waals surface area contributed by atoms with Gasteiger partial charge in [-0.3, -0.25) is 0 Å². The third kappa shape index (κ3) is 2.43. The molecular weight excluding hydrogens is 230 g/mol. The van der Waals surface area contributed by atoms with Crippen LogP contribution in [-0.2, 0) is 6.54 Å². The van der Waals surface area contributed by atoms with Gasteiger partial charge in [0.05, 0.1) is 18.2 Å². The average molecular weight is 249 g/mol. The van der Waals surface area contributed by atoms with E-state index in [0.717, 1.165) is 18.7 Å². The van der Waals surface area contributed by atoms with Crippen molar-refractivity contribution in [1.82, 2.24) is 19.7 Å². The summed E-state index contributed by atoms with van der Waals surface area (Å²) in [6, 6.07) is -0.393. The summed E-state index contributed by atoms with van der Waals surface area (Å²) in [6.45, 7) is 7.01. The zero-order chi connectivity index (χ0) is 13.1. The van der Waals surface area contributed by atoms with Crippen molar-refractivity contribution in [2.24, 2.45) is 5.73 Å². The number of aromatic nitrogens is 4. The van der Waals surface area contributed by atoms with Crippen LogP contribution in [0.25, 0.3) is 0 Å². The van der Waals surface area contributed by atoms with Gasteiger partial charge in [0, 0.05) is 12.5 Å². The number of nitrogens with two attached hydrogens (primary N) is 1. The normalized spacial score (nSPS) is 13.2. The molecule has 6 heteroatoms. The van der Waals surface area contributed by atoms with Crippen LogP contribution in [0.15, 0.2) is 17.0 Å². The molecule has 2 heterocycles. The van der Waals surface area contributed by atoms with E-state index in [1.165, 1.54) is 0 Å². The predicted octanol–water partition coefficient (Wildman–Crippen LogP) is 1.85. The quantitative estimate of drug-likeness (QED) is 0.874. The third-order valence-electron chi connectivity index (χ3n) is 2.76. The highest BCUT2D eigenvalue weighted by molar-refractivity contribution is 5.14. The van der Waals surface area contributed by atoms with Crippen LogP contribution in [0.3, 0.4) is 0 Å². The van der Waals surface area contributed by atoms with E-state index in [0.29, 0.717) is 11.7 Å². The van der Waals surface area contributed by atoms with Crippen molar-refractivity contribution in [3.8, 4) is 0 Å². The Bertz CT molecular complexity index is 502. The molecule has 98 valence electrons. The highest BCUT2D eigenvalue weighted by atomic mass is 16.5. The van der Waals surface area contributed by atoms with Crippen LogP contribution < -0.4 is 5.73 Å². The first-order valence-electron chi connectivity index (χ1n) is 6.22. The van der Waals surface area contributed by atoms with Gasteiger partial charge in [0.2, 0.25) is 5.89 Å². The van der Waals surface area contributed by atoms with Crippen LogP contribution in [0.5, 0.6) is 0 Å². The number of hydrogen-bond acceptors (Lipinski definition) is 5. The Hall–Kier alpha value is -1.69. The second-order valence-electron chi connectivity index (χ2n) is 4.64. The molecule has 0 saturated heterocycles. The minimum atomic E-state index is -0.393. The first-order valence-corrected chi connectivity index (χ1v) is 6.22. The minimum Gasteiger partial charge on any atom is -0.339 e. The maximum absolute atomic E-state index is 6.16. The predicted molar refractivity (Wildman–Crippen MR) is 66.9 cm³/mol. The highest BCUT2D eigenvalue weighted by Gasteiger charge is 2.20. The SMILES string of the molecule is CCCn1cncc1C(N)c1noc(C(C)C)n1. The highest BCUT2D eigenvalue weighted by Crippen LogP contribution is 2.19. The molecule has 0 bridgehead atoms. The molecule has 2 aromatic heterocycles. The second kappa shape index (κ2) is 5.30. The molecule has 0 aliphatic heterocycles. The molecule has 0 spiro atoms. The molecule has 1 unspecified atom stereocenters. The van der Waals surface area contributed by atoms with Gasteiger partial charge in [-0.1, -0.05) is 25.9 Å². The van der Waals surface area contributed by atoms with Gasteiger partial charge in [-0.2, -0.15) is 4.98 Å². The van der Waals surface area contributed by atoms with Gasteiger partial charge in [0.1, 0.15) is 6.04 Å². The maximum Gasteiger partial charge on any atom is 0.229 e. The number of rotatable bonds is 5. The number of aryl methyl sites for hydroxylation is 1. The summed E-state index contributed by atoms with van der Waals surface area (Å²) in [5.41, 5.74) is 7.07. The van der Waals surface area contributed by atoms with E-state index >= 15 is 0 Å². The Morgan fingerprint density at radius 2 is 2.22 bits per heavy atom. The Labute approximate surface area is 106 Å². The lowest BCUT2D eigenvalue weighted by Crippen LogP contribution is -2.18. The van der Waals surface area contributed by atoms with Crippen molar-refractivity contribution < 1.29 is 4.52 Å². The van der Waals surface area contributed by atoms with Crippen molar-refractivity contribution in [1.29, 1.82) is 0 Å². The molecule has 18 heavy (non-hydrogen) atoms. The fourth-order valence-electron chi connectivity index (χ4n) is 1.76. The molecule has 6 nitrogen and oxygen atoms in total. The third-order valence-corrected chi connectivity index (χ3v) is 2.76. The molecular formula is C12H19N5O. The van der Waals surface area contributed by atoms with Gasteiger partial charge in [-0.05, 0) is 6.42 Å². The number of nitrogens with zero attached hydrogens (tertiary/aromatic N) is 4. The lowest BCUT2D eigenvalue weighted by atomic mass is 10.2. The van der Waals surface area contributed by atoms with Crippen molar-refractivity contribution in [3.05, 3.63) is 29.9 Å². The van der Waals surface area contributed by atoms with Crippen LogP contribution in [0.4, 0.5) is 0 Å². The van der Waals surface area contributed by atoms with E-state index in [1.54, 1.807) is 12.5 Å². The smallest absolute Gasteiger partial charge is 0.229 e. The van der Waals surface area contributed by atoms with Crippen molar-refractivity contribution in [2.45, 2.75) is 45.7 Å². The molecule has 0 aliphatic carbocycles. The minimum absolute atomic E-state index is 0.207. The van der Waals surface area contributed by atoms with Crippen molar-refractivity contribution in [3.63, 3.8) is 0 Å². The van der Waals surface area contributed by atoms with Gasteiger partial charge in [-0.25, -0.2) is 4.98 Å². The first-order chi connectivity index (χ1) is 8.63. The van der Waals surface area contributed by atoms with E-state index in [9.17, 15) is 0 Å². The molecule has 0 amide bonds. The Morgan fingerprint density at radius 1 is 1.44 bits per heavy atom. The molecule has 0 aliphatic rings. The number of hydrogen-bond donors (Lipinski definition) is 1. The summed E-state index contributed by atoms with van der Waals surface area (Å²) >= 11 is 0. The summed E-state index contributed by atoms with van der Waals surface area (Å²) in [5, 5.41) is 3.94. The van der Waals surface area contributed by atoms with E-state index < -0.39 is 6.04 Å². The monoisotopic (exact) mass is 249 g/mol. The summed E-state index contributed by atoms with van der Waals surface area (Å²) < 4.78 is 7.20. The van der Waals surface area contributed by atoms with Gasteiger partial charge < -0.3 is 14.8 Å².